The lowest BCUT2D eigenvalue weighted by Gasteiger charge is -1.67. The molecular weight excluding hydrogens is 767 g/mol. The lowest BCUT2D eigenvalue weighted by atomic mass is 10.4. The zero-order chi connectivity index (χ0) is 39.7. The van der Waals surface area contributed by atoms with Gasteiger partial charge in [-0.15, -0.1) is 11.3 Å². The maximum atomic E-state index is 4.72. The summed E-state index contributed by atoms with van der Waals surface area (Å²) in [6.07, 6.45) is 19.6. The van der Waals surface area contributed by atoms with Crippen LogP contribution in [0.4, 0.5) is 0 Å². The molecule has 0 aromatic carbocycles. The summed E-state index contributed by atoms with van der Waals surface area (Å²) in [5, 5.41) is 14.1. The summed E-state index contributed by atoms with van der Waals surface area (Å²) in [6, 6.07) is 5.79. The molecule has 0 bridgehead atoms. The van der Waals surface area contributed by atoms with E-state index in [-0.39, 0.29) is 0 Å². The van der Waals surface area contributed by atoms with Crippen LogP contribution in [0.25, 0.3) is 0 Å². The number of aromatic nitrogens is 9. The number of hydrogen-bond donors (Lipinski definition) is 0. The normalized spacial score (nSPS) is 8.83. The standard InChI is InChI=1S/5C4H5NO.4C4H5NS/c2*1-4-2-5-3-6-4;1-4-2-5-6-3-4;1-4-5-2-3-6-4;1-4-2-3-6-5-4;1-4-2-5-6-3-4;1-4-5-2-3-6-4;1-4-2-3-6-5-4;1-4-2-3-5-6-4/h9*2-3H,1H3. The van der Waals surface area contributed by atoms with Crippen molar-refractivity contribution in [2.75, 3.05) is 0 Å². The van der Waals surface area contributed by atoms with Crippen LogP contribution in [0.3, 0.4) is 0 Å². The molecule has 0 unspecified atom stereocenters. The molecule has 0 aliphatic carbocycles. The average Bonchev–Trinajstić information content (AvgIpc) is 3.98. The first kappa shape index (κ1) is 46.6. The zero-order valence-corrected chi connectivity index (χ0v) is 34.9. The minimum Gasteiger partial charge on any atom is -0.449 e. The van der Waals surface area contributed by atoms with Gasteiger partial charge in [0, 0.05) is 58.2 Å². The minimum absolute atomic E-state index is 0.718. The topological polar surface area (TPSA) is 182 Å². The molecule has 9 aromatic rings. The SMILES string of the molecule is Cc1ccns1.Cc1ccon1.Cc1ccsn1.Cc1cnco1.Cc1cnco1.Cc1cnoc1.Cc1cnsc1.Cc1ncco1.Cc1nccs1. The van der Waals surface area contributed by atoms with Gasteiger partial charge in [-0.2, -0.15) is 4.37 Å². The summed E-state index contributed by atoms with van der Waals surface area (Å²) in [6.45, 7) is 17.4. The highest BCUT2D eigenvalue weighted by atomic mass is 32.1. The summed E-state index contributed by atoms with van der Waals surface area (Å²) in [5.41, 5.74) is 4.35. The second kappa shape index (κ2) is 31.1. The lowest BCUT2D eigenvalue weighted by Crippen LogP contribution is -1.59. The Morgan fingerprint density at radius 3 is 1.48 bits per heavy atom. The molecule has 0 saturated heterocycles. The molecule has 0 aliphatic heterocycles. The first-order valence-corrected chi connectivity index (χ1v) is 19.1. The Labute approximate surface area is 331 Å². The van der Waals surface area contributed by atoms with E-state index >= 15 is 0 Å². The number of aryl methyl sites for hydroxylation is 9. The van der Waals surface area contributed by atoms with E-state index in [9.17, 15) is 0 Å². The molecule has 0 radical (unpaired) electrons. The van der Waals surface area contributed by atoms with Crippen LogP contribution in [0, 0.1) is 62.3 Å². The van der Waals surface area contributed by atoms with Gasteiger partial charge >= 0.3 is 0 Å². The Morgan fingerprint density at radius 1 is 0.593 bits per heavy atom. The monoisotopic (exact) mass is 811 g/mol. The van der Waals surface area contributed by atoms with Crippen molar-refractivity contribution in [3.63, 3.8) is 0 Å². The van der Waals surface area contributed by atoms with E-state index < -0.39 is 0 Å². The van der Waals surface area contributed by atoms with Crippen molar-refractivity contribution in [3.8, 4) is 0 Å². The van der Waals surface area contributed by atoms with Crippen molar-refractivity contribution >= 4 is 45.9 Å². The first-order chi connectivity index (χ1) is 26.0. The van der Waals surface area contributed by atoms with Crippen LogP contribution in [0.15, 0.2) is 132 Å². The summed E-state index contributed by atoms with van der Waals surface area (Å²) in [4.78, 5) is 16.3. The molecule has 54 heavy (non-hydrogen) atoms. The Balaban J connectivity index is 0.000000304. The van der Waals surface area contributed by atoms with Crippen LogP contribution in [0.5, 0.6) is 0 Å². The molecule has 9 heterocycles. The van der Waals surface area contributed by atoms with E-state index in [2.05, 4.69) is 52.4 Å². The maximum Gasteiger partial charge on any atom is 0.190 e. The Bertz CT molecular complexity index is 1470. The van der Waals surface area contributed by atoms with Gasteiger partial charge in [0.25, 0.3) is 0 Å². The van der Waals surface area contributed by atoms with Gasteiger partial charge in [-0.1, -0.05) is 10.3 Å². The van der Waals surface area contributed by atoms with E-state index in [4.69, 9.17) is 13.3 Å². The fourth-order valence-electron chi connectivity index (χ4n) is 2.49. The molecule has 9 rings (SSSR count). The highest BCUT2D eigenvalue weighted by molar-refractivity contribution is 7.09. The third kappa shape index (κ3) is 29.2. The molecule has 9 aromatic heterocycles. The van der Waals surface area contributed by atoms with Crippen molar-refractivity contribution in [1.29, 1.82) is 0 Å². The van der Waals surface area contributed by atoms with Crippen LogP contribution >= 0.6 is 45.9 Å². The zero-order valence-electron chi connectivity index (χ0n) is 31.6. The van der Waals surface area contributed by atoms with Crippen molar-refractivity contribution < 1.29 is 22.3 Å². The average molecular weight is 812 g/mol. The lowest BCUT2D eigenvalue weighted by molar-refractivity contribution is 0.415. The molecule has 0 saturated carbocycles. The molecule has 288 valence electrons. The second-order valence-electron chi connectivity index (χ2n) is 10.1. The number of rotatable bonds is 0. The predicted molar refractivity (Wildman–Crippen MR) is 214 cm³/mol. The number of oxazole rings is 3. The summed E-state index contributed by atoms with van der Waals surface area (Å²) >= 11 is 6.17. The van der Waals surface area contributed by atoms with Gasteiger partial charge in [0.2, 0.25) is 0 Å². The van der Waals surface area contributed by atoms with Crippen molar-refractivity contribution in [3.05, 3.63) is 159 Å². The van der Waals surface area contributed by atoms with E-state index in [0.717, 1.165) is 39.4 Å². The van der Waals surface area contributed by atoms with Gasteiger partial charge < -0.3 is 22.3 Å². The van der Waals surface area contributed by atoms with Crippen molar-refractivity contribution in [1.82, 2.24) is 43.4 Å². The highest BCUT2D eigenvalue weighted by Crippen LogP contribution is 1.99. The Kier molecular flexibility index (Phi) is 26.9. The van der Waals surface area contributed by atoms with Crippen LogP contribution in [-0.2, 0) is 0 Å². The maximum absolute atomic E-state index is 4.72. The largest absolute Gasteiger partial charge is 0.449 e. The van der Waals surface area contributed by atoms with Crippen LogP contribution in [-0.4, -0.2) is 43.4 Å². The predicted octanol–water partition coefficient (Wildman–Crippen LogP) is 10.7. The number of nitrogens with zero attached hydrogens (tertiary/aromatic N) is 9. The molecule has 14 nitrogen and oxygen atoms in total. The molecule has 18 heteroatoms. The smallest absolute Gasteiger partial charge is 0.190 e. The molecular formula is C36H45N9O5S4. The van der Waals surface area contributed by atoms with E-state index in [1.54, 1.807) is 80.3 Å². The molecule has 0 spiro atoms. The molecule has 0 amide bonds. The van der Waals surface area contributed by atoms with Gasteiger partial charge in [0.05, 0.1) is 41.2 Å². The van der Waals surface area contributed by atoms with Crippen LogP contribution < -0.4 is 0 Å². The van der Waals surface area contributed by atoms with Gasteiger partial charge in [-0.25, -0.2) is 23.7 Å². The third-order valence-corrected chi connectivity index (χ3v) is 7.75. The summed E-state index contributed by atoms with van der Waals surface area (Å²) < 4.78 is 34.8. The Morgan fingerprint density at radius 2 is 1.33 bits per heavy atom. The summed E-state index contributed by atoms with van der Waals surface area (Å²) in [5.74, 6) is 2.43. The molecule has 0 atom stereocenters. The Hall–Kier alpha value is -5.43. The van der Waals surface area contributed by atoms with Gasteiger partial charge in [-0.05, 0) is 108 Å². The highest BCUT2D eigenvalue weighted by Gasteiger charge is 1.81. The molecule has 0 N–H and O–H groups in total. The third-order valence-electron chi connectivity index (χ3n) is 5.04. The van der Waals surface area contributed by atoms with Crippen molar-refractivity contribution in [2.45, 2.75) is 62.3 Å². The van der Waals surface area contributed by atoms with Gasteiger partial charge in [0.1, 0.15) is 30.3 Å². The van der Waals surface area contributed by atoms with Crippen LogP contribution in [0.1, 0.15) is 49.8 Å². The number of hydrogen-bond acceptors (Lipinski definition) is 18. The fourth-order valence-corrected chi connectivity index (χ4v) is 4.40. The quantitative estimate of drug-likeness (QED) is 0.141. The van der Waals surface area contributed by atoms with Gasteiger partial charge in [-0.3, -0.25) is 4.98 Å². The molecule has 0 aliphatic rings. The molecule has 0 fully saturated rings. The number of thiazole rings is 1. The van der Waals surface area contributed by atoms with E-state index in [1.807, 2.05) is 89.9 Å². The fraction of sp³-hybridized carbons (Fsp3) is 0.250. The van der Waals surface area contributed by atoms with Gasteiger partial charge in [0.15, 0.2) is 18.7 Å². The van der Waals surface area contributed by atoms with Crippen LogP contribution in [0.2, 0.25) is 0 Å². The second-order valence-corrected chi connectivity index (χ2v) is 13.6. The summed E-state index contributed by atoms with van der Waals surface area (Å²) in [7, 11) is 0. The van der Waals surface area contributed by atoms with E-state index in [0.29, 0.717) is 0 Å². The van der Waals surface area contributed by atoms with Crippen molar-refractivity contribution in [2.24, 2.45) is 0 Å². The minimum atomic E-state index is 0.718. The van der Waals surface area contributed by atoms with E-state index in [1.165, 1.54) is 57.8 Å². The first-order valence-electron chi connectivity index (χ1n) is 15.8.